The normalized spacial score (nSPS) is 28.4. The van der Waals surface area contributed by atoms with Gasteiger partial charge in [0.25, 0.3) is 0 Å². The second-order valence-corrected chi connectivity index (χ2v) is 6.61. The summed E-state index contributed by atoms with van der Waals surface area (Å²) in [5.74, 6) is 0.542. The van der Waals surface area contributed by atoms with Gasteiger partial charge in [-0.2, -0.15) is 0 Å². The van der Waals surface area contributed by atoms with Crippen LogP contribution in [0.15, 0.2) is 0 Å². The lowest BCUT2D eigenvalue weighted by atomic mass is 9.85. The summed E-state index contributed by atoms with van der Waals surface area (Å²) in [6, 6.07) is 0.254. The number of hydrogen-bond acceptors (Lipinski definition) is 2. The van der Waals surface area contributed by atoms with Crippen LogP contribution in [0.4, 0.5) is 0 Å². The largest absolute Gasteiger partial charge is 0.369 e. The maximum absolute atomic E-state index is 12.4. The molecule has 20 heavy (non-hydrogen) atoms. The summed E-state index contributed by atoms with van der Waals surface area (Å²) in [6.07, 6.45) is 9.94. The van der Waals surface area contributed by atoms with Gasteiger partial charge < -0.3 is 10.6 Å². The number of carbonyl (C=O) groups is 2. The summed E-state index contributed by atoms with van der Waals surface area (Å²) in [7, 11) is 0. The van der Waals surface area contributed by atoms with E-state index in [1.165, 1.54) is 32.1 Å². The van der Waals surface area contributed by atoms with E-state index in [0.29, 0.717) is 13.0 Å². The van der Waals surface area contributed by atoms with Crippen LogP contribution in [0.25, 0.3) is 0 Å². The molecule has 2 fully saturated rings. The Kier molecular flexibility index (Phi) is 5.44. The Labute approximate surface area is 122 Å². The first-order valence-corrected chi connectivity index (χ1v) is 8.16. The Balaban J connectivity index is 1.81. The molecular formula is C16H28N2O2. The average Bonchev–Trinajstić information content (AvgIpc) is 2.46. The van der Waals surface area contributed by atoms with E-state index >= 15 is 0 Å². The minimum atomic E-state index is -0.262. The molecule has 1 aliphatic heterocycles. The van der Waals surface area contributed by atoms with Gasteiger partial charge in [-0.15, -0.1) is 0 Å². The first-order valence-electron chi connectivity index (χ1n) is 8.16. The number of piperidine rings is 1. The highest BCUT2D eigenvalue weighted by atomic mass is 16.2. The van der Waals surface area contributed by atoms with Crippen molar-refractivity contribution >= 4 is 11.8 Å². The van der Waals surface area contributed by atoms with E-state index in [1.807, 2.05) is 4.90 Å². The maximum atomic E-state index is 12.4. The number of carbonyl (C=O) groups excluding carboxylic acids is 2. The Morgan fingerprint density at radius 2 is 1.80 bits per heavy atom. The third-order valence-electron chi connectivity index (χ3n) is 5.10. The predicted octanol–water partition coefficient (Wildman–Crippen LogP) is 2.46. The molecule has 0 unspecified atom stereocenters. The van der Waals surface area contributed by atoms with Crippen LogP contribution in [-0.2, 0) is 9.59 Å². The summed E-state index contributed by atoms with van der Waals surface area (Å²) in [5.41, 5.74) is 5.39. The van der Waals surface area contributed by atoms with Crippen LogP contribution < -0.4 is 5.73 Å². The second kappa shape index (κ2) is 7.09. The Hall–Kier alpha value is -1.06. The molecule has 2 rings (SSSR count). The zero-order valence-corrected chi connectivity index (χ0v) is 12.6. The van der Waals surface area contributed by atoms with Crippen LogP contribution in [0.1, 0.15) is 64.7 Å². The molecule has 0 bridgehead atoms. The molecule has 0 spiro atoms. The fourth-order valence-electron chi connectivity index (χ4n) is 3.63. The third-order valence-corrected chi connectivity index (χ3v) is 5.10. The van der Waals surface area contributed by atoms with Crippen molar-refractivity contribution in [3.8, 4) is 0 Å². The monoisotopic (exact) mass is 280 g/mol. The summed E-state index contributed by atoms with van der Waals surface area (Å²) >= 11 is 0. The first kappa shape index (κ1) is 15.3. The minimum absolute atomic E-state index is 0.148. The minimum Gasteiger partial charge on any atom is -0.369 e. The van der Waals surface area contributed by atoms with Crippen LogP contribution in [0, 0.1) is 11.8 Å². The fourth-order valence-corrected chi connectivity index (χ4v) is 3.63. The van der Waals surface area contributed by atoms with E-state index < -0.39 is 0 Å². The Bertz CT molecular complexity index is 350. The van der Waals surface area contributed by atoms with Gasteiger partial charge in [0, 0.05) is 19.0 Å². The van der Waals surface area contributed by atoms with Crippen molar-refractivity contribution in [2.75, 3.05) is 6.54 Å². The van der Waals surface area contributed by atoms with E-state index in [-0.39, 0.29) is 23.8 Å². The van der Waals surface area contributed by atoms with E-state index in [1.54, 1.807) is 0 Å². The maximum Gasteiger partial charge on any atom is 0.222 e. The van der Waals surface area contributed by atoms with E-state index in [9.17, 15) is 9.59 Å². The Morgan fingerprint density at radius 1 is 1.10 bits per heavy atom. The SMILES string of the molecule is C[C@H]1CC[C@H](C(N)=O)CN1C(=O)CCC1CCCCC1. The standard InChI is InChI=1S/C16H28N2O2/c1-12-7-9-14(16(17)20)11-18(12)15(19)10-8-13-5-3-2-4-6-13/h12-14H,2-11H2,1H3,(H2,17,20)/t12-,14-/m0/s1. The zero-order chi connectivity index (χ0) is 14.5. The van der Waals surface area contributed by atoms with Crippen LogP contribution in [0.5, 0.6) is 0 Å². The van der Waals surface area contributed by atoms with Crippen molar-refractivity contribution in [2.45, 2.75) is 70.8 Å². The highest BCUT2D eigenvalue weighted by molar-refractivity contribution is 5.80. The van der Waals surface area contributed by atoms with Crippen LogP contribution in [0.2, 0.25) is 0 Å². The lowest BCUT2D eigenvalue weighted by Crippen LogP contribution is -2.48. The molecule has 114 valence electrons. The second-order valence-electron chi connectivity index (χ2n) is 6.61. The molecule has 4 heteroatoms. The molecule has 0 aromatic carbocycles. The third kappa shape index (κ3) is 3.97. The van der Waals surface area contributed by atoms with Crippen molar-refractivity contribution in [2.24, 2.45) is 17.6 Å². The van der Waals surface area contributed by atoms with Crippen LogP contribution >= 0.6 is 0 Å². The molecule has 0 aromatic rings. The van der Waals surface area contributed by atoms with Crippen LogP contribution in [0.3, 0.4) is 0 Å². The van der Waals surface area contributed by atoms with Crippen molar-refractivity contribution < 1.29 is 9.59 Å². The zero-order valence-electron chi connectivity index (χ0n) is 12.6. The van der Waals surface area contributed by atoms with Crippen molar-refractivity contribution in [1.82, 2.24) is 4.90 Å². The van der Waals surface area contributed by atoms with Crippen molar-refractivity contribution in [1.29, 1.82) is 0 Å². The molecule has 1 saturated heterocycles. The number of nitrogens with two attached hydrogens (primary N) is 1. The summed E-state index contributed by atoms with van der Waals surface area (Å²) in [5, 5.41) is 0. The molecule has 1 aliphatic carbocycles. The molecule has 1 saturated carbocycles. The molecule has 0 radical (unpaired) electrons. The smallest absolute Gasteiger partial charge is 0.222 e. The van der Waals surface area contributed by atoms with Gasteiger partial charge in [-0.25, -0.2) is 0 Å². The summed E-state index contributed by atoms with van der Waals surface area (Å²) < 4.78 is 0. The fraction of sp³-hybridized carbons (Fsp3) is 0.875. The molecule has 1 heterocycles. The van der Waals surface area contributed by atoms with Gasteiger partial charge in [0.05, 0.1) is 5.92 Å². The number of amides is 2. The summed E-state index contributed by atoms with van der Waals surface area (Å²) in [6.45, 7) is 2.61. The van der Waals surface area contributed by atoms with Gasteiger partial charge >= 0.3 is 0 Å². The van der Waals surface area contributed by atoms with Crippen molar-refractivity contribution in [3.05, 3.63) is 0 Å². The first-order chi connectivity index (χ1) is 9.58. The number of rotatable bonds is 4. The highest BCUT2D eigenvalue weighted by Gasteiger charge is 2.31. The van der Waals surface area contributed by atoms with Gasteiger partial charge in [-0.3, -0.25) is 9.59 Å². The lowest BCUT2D eigenvalue weighted by molar-refractivity contribution is -0.137. The van der Waals surface area contributed by atoms with Gasteiger partial charge in [-0.1, -0.05) is 32.1 Å². The van der Waals surface area contributed by atoms with E-state index in [4.69, 9.17) is 5.73 Å². The van der Waals surface area contributed by atoms with Gasteiger partial charge in [0.2, 0.25) is 11.8 Å². The topological polar surface area (TPSA) is 63.4 Å². The van der Waals surface area contributed by atoms with Gasteiger partial charge in [0.15, 0.2) is 0 Å². The molecule has 2 atom stereocenters. The molecular weight excluding hydrogens is 252 g/mol. The molecule has 2 N–H and O–H groups in total. The predicted molar refractivity (Wildman–Crippen MR) is 78.9 cm³/mol. The van der Waals surface area contributed by atoms with E-state index in [2.05, 4.69) is 6.92 Å². The molecule has 0 aromatic heterocycles. The molecule has 4 nitrogen and oxygen atoms in total. The highest BCUT2D eigenvalue weighted by Crippen LogP contribution is 2.28. The Morgan fingerprint density at radius 3 is 2.45 bits per heavy atom. The van der Waals surface area contributed by atoms with Gasteiger partial charge in [0.1, 0.15) is 0 Å². The summed E-state index contributed by atoms with van der Waals surface area (Å²) in [4.78, 5) is 25.6. The van der Waals surface area contributed by atoms with Gasteiger partial charge in [-0.05, 0) is 32.1 Å². The molecule has 2 amide bonds. The number of nitrogens with zero attached hydrogens (tertiary/aromatic N) is 1. The average molecular weight is 280 g/mol. The quantitative estimate of drug-likeness (QED) is 0.859. The lowest BCUT2D eigenvalue weighted by Gasteiger charge is -2.37. The number of hydrogen-bond donors (Lipinski definition) is 1. The van der Waals surface area contributed by atoms with E-state index in [0.717, 1.165) is 25.2 Å². The van der Waals surface area contributed by atoms with Crippen LogP contribution in [-0.4, -0.2) is 29.3 Å². The van der Waals surface area contributed by atoms with Crippen molar-refractivity contribution in [3.63, 3.8) is 0 Å². The molecule has 2 aliphatic rings. The number of likely N-dealkylation sites (tertiary alicyclic amines) is 1. The number of primary amides is 1.